The van der Waals surface area contributed by atoms with Gasteiger partial charge in [-0.2, -0.15) is 4.31 Å². The summed E-state index contributed by atoms with van der Waals surface area (Å²) in [6.45, 7) is 1.50. The lowest BCUT2D eigenvalue weighted by atomic mass is 10.2. The fourth-order valence-corrected chi connectivity index (χ4v) is 5.26. The van der Waals surface area contributed by atoms with Crippen LogP contribution >= 0.6 is 0 Å². The molecule has 1 fully saturated rings. The van der Waals surface area contributed by atoms with Crippen molar-refractivity contribution in [2.24, 2.45) is 0 Å². The highest BCUT2D eigenvalue weighted by atomic mass is 32.2. The van der Waals surface area contributed by atoms with Crippen molar-refractivity contribution in [2.45, 2.75) is 4.90 Å². The maximum Gasteiger partial charge on any atom is 0.245 e. The number of aromatic amines is 1. The van der Waals surface area contributed by atoms with Crippen LogP contribution in [0.4, 0.5) is 10.2 Å². The van der Waals surface area contributed by atoms with Crippen molar-refractivity contribution < 1.29 is 12.8 Å². The molecule has 3 aromatic heterocycles. The number of benzene rings is 1. The topological polar surface area (TPSA) is 95.1 Å². The number of hydrogen-bond acceptors (Lipinski definition) is 6. The van der Waals surface area contributed by atoms with E-state index in [4.69, 9.17) is 0 Å². The van der Waals surface area contributed by atoms with Crippen LogP contribution in [0.5, 0.6) is 0 Å². The zero-order valence-corrected chi connectivity index (χ0v) is 16.1. The fourth-order valence-electron chi connectivity index (χ4n) is 3.69. The lowest BCUT2D eigenvalue weighted by molar-refractivity contribution is 0.384. The van der Waals surface area contributed by atoms with Crippen molar-refractivity contribution in [3.8, 4) is 0 Å². The van der Waals surface area contributed by atoms with Gasteiger partial charge in [0.05, 0.1) is 5.52 Å². The van der Waals surface area contributed by atoms with Crippen molar-refractivity contribution in [1.82, 2.24) is 24.2 Å². The van der Waals surface area contributed by atoms with Gasteiger partial charge < -0.3 is 9.88 Å². The molecule has 10 heteroatoms. The molecule has 1 N–H and O–H groups in total. The van der Waals surface area contributed by atoms with Gasteiger partial charge in [0.25, 0.3) is 0 Å². The summed E-state index contributed by atoms with van der Waals surface area (Å²) >= 11 is 0. The number of hydrogen-bond donors (Lipinski definition) is 1. The zero-order chi connectivity index (χ0) is 20.0. The number of aromatic nitrogens is 4. The number of pyridine rings is 1. The molecule has 1 aromatic carbocycles. The van der Waals surface area contributed by atoms with Gasteiger partial charge in [-0.1, -0.05) is 0 Å². The number of nitrogens with one attached hydrogen (secondary N) is 1. The van der Waals surface area contributed by atoms with Gasteiger partial charge in [-0.25, -0.2) is 27.8 Å². The van der Waals surface area contributed by atoms with E-state index in [2.05, 4.69) is 19.9 Å². The molecule has 1 aliphatic heterocycles. The second kappa shape index (κ2) is 6.75. The Labute approximate surface area is 166 Å². The van der Waals surface area contributed by atoms with Gasteiger partial charge >= 0.3 is 0 Å². The maximum atomic E-state index is 13.7. The van der Waals surface area contributed by atoms with Gasteiger partial charge in [0, 0.05) is 49.3 Å². The van der Waals surface area contributed by atoms with Crippen molar-refractivity contribution in [1.29, 1.82) is 0 Å². The highest BCUT2D eigenvalue weighted by Gasteiger charge is 2.31. The average Bonchev–Trinajstić information content (AvgIpc) is 3.18. The maximum absolute atomic E-state index is 13.7. The van der Waals surface area contributed by atoms with E-state index in [1.54, 1.807) is 24.4 Å². The van der Waals surface area contributed by atoms with E-state index in [1.807, 2.05) is 4.90 Å². The van der Waals surface area contributed by atoms with Gasteiger partial charge in [-0.05, 0) is 30.3 Å². The summed E-state index contributed by atoms with van der Waals surface area (Å²) < 4.78 is 41.5. The Bertz CT molecular complexity index is 1310. The molecule has 1 aliphatic rings. The molecule has 0 atom stereocenters. The Morgan fingerprint density at radius 2 is 1.83 bits per heavy atom. The molecule has 29 heavy (non-hydrogen) atoms. The number of anilines is 1. The molecular weight excluding hydrogens is 395 g/mol. The quantitative estimate of drug-likeness (QED) is 0.554. The molecule has 0 saturated carbocycles. The third-order valence-corrected chi connectivity index (χ3v) is 7.08. The van der Waals surface area contributed by atoms with Gasteiger partial charge in [0.2, 0.25) is 10.0 Å². The number of piperazine rings is 1. The second-order valence-electron chi connectivity index (χ2n) is 6.80. The van der Waals surface area contributed by atoms with E-state index in [9.17, 15) is 12.8 Å². The van der Waals surface area contributed by atoms with E-state index in [1.165, 1.54) is 29.0 Å². The fraction of sp³-hybridized carbons (Fsp3) is 0.211. The first kappa shape index (κ1) is 18.0. The molecule has 0 amide bonds. The lowest BCUT2D eigenvalue weighted by Gasteiger charge is -2.34. The number of fused-ring (bicyclic) bond motifs is 2. The summed E-state index contributed by atoms with van der Waals surface area (Å²) in [5.41, 5.74) is 1.19. The van der Waals surface area contributed by atoms with Crippen LogP contribution in [0.3, 0.4) is 0 Å². The van der Waals surface area contributed by atoms with Crippen LogP contribution < -0.4 is 4.90 Å². The Morgan fingerprint density at radius 3 is 2.66 bits per heavy atom. The van der Waals surface area contributed by atoms with Crippen LogP contribution in [0.2, 0.25) is 0 Å². The smallest absolute Gasteiger partial charge is 0.245 e. The monoisotopic (exact) mass is 412 g/mol. The molecule has 4 aromatic rings. The SMILES string of the molecule is O=S(=O)(c1c[nH]c2ncccc12)N1CCN(c2ncnc3ccc(F)cc23)CC1. The van der Waals surface area contributed by atoms with Crippen molar-refractivity contribution in [3.63, 3.8) is 0 Å². The Morgan fingerprint density at radius 1 is 1.00 bits per heavy atom. The van der Waals surface area contributed by atoms with E-state index < -0.39 is 10.0 Å². The predicted octanol–water partition coefficient (Wildman–Crippen LogP) is 2.16. The zero-order valence-electron chi connectivity index (χ0n) is 15.3. The second-order valence-corrected chi connectivity index (χ2v) is 8.71. The Balaban J connectivity index is 1.41. The van der Waals surface area contributed by atoms with Crippen LogP contribution in [0.15, 0.2) is 53.9 Å². The van der Waals surface area contributed by atoms with Crippen molar-refractivity contribution in [2.75, 3.05) is 31.1 Å². The van der Waals surface area contributed by atoms with E-state index >= 15 is 0 Å². The predicted molar refractivity (Wildman–Crippen MR) is 107 cm³/mol. The summed E-state index contributed by atoms with van der Waals surface area (Å²) in [6, 6.07) is 7.84. The third kappa shape index (κ3) is 3.00. The highest BCUT2D eigenvalue weighted by Crippen LogP contribution is 2.28. The van der Waals surface area contributed by atoms with Crippen LogP contribution in [0, 0.1) is 5.82 Å². The first-order chi connectivity index (χ1) is 14.0. The highest BCUT2D eigenvalue weighted by molar-refractivity contribution is 7.89. The van der Waals surface area contributed by atoms with Crippen molar-refractivity contribution >= 4 is 37.8 Å². The molecule has 8 nitrogen and oxygen atoms in total. The van der Waals surface area contributed by atoms with E-state index in [0.717, 1.165) is 0 Å². The largest absolute Gasteiger partial charge is 0.353 e. The Kier molecular flexibility index (Phi) is 4.18. The first-order valence-electron chi connectivity index (χ1n) is 9.11. The molecule has 148 valence electrons. The van der Waals surface area contributed by atoms with Crippen molar-refractivity contribution in [3.05, 3.63) is 54.9 Å². The van der Waals surface area contributed by atoms with Crippen LogP contribution in [-0.4, -0.2) is 58.8 Å². The Hall–Kier alpha value is -3.11. The average molecular weight is 412 g/mol. The summed E-state index contributed by atoms with van der Waals surface area (Å²) in [5, 5.41) is 1.19. The minimum absolute atomic E-state index is 0.226. The summed E-state index contributed by atoms with van der Waals surface area (Å²) in [4.78, 5) is 17.8. The lowest BCUT2D eigenvalue weighted by Crippen LogP contribution is -2.49. The van der Waals surface area contributed by atoms with Crippen LogP contribution in [0.25, 0.3) is 21.9 Å². The van der Waals surface area contributed by atoms with E-state index in [0.29, 0.717) is 53.9 Å². The molecule has 5 rings (SSSR count). The molecule has 4 heterocycles. The normalized spacial score (nSPS) is 16.0. The summed E-state index contributed by atoms with van der Waals surface area (Å²) in [6.07, 6.45) is 4.54. The number of rotatable bonds is 3. The molecule has 1 saturated heterocycles. The molecule has 0 bridgehead atoms. The molecule has 0 aliphatic carbocycles. The minimum Gasteiger partial charge on any atom is -0.353 e. The third-order valence-electron chi connectivity index (χ3n) is 5.15. The van der Waals surface area contributed by atoms with Gasteiger partial charge in [0.1, 0.15) is 28.5 Å². The van der Waals surface area contributed by atoms with Gasteiger partial charge in [-0.3, -0.25) is 0 Å². The van der Waals surface area contributed by atoms with Gasteiger partial charge in [-0.15, -0.1) is 0 Å². The number of halogens is 1. The number of sulfonamides is 1. The van der Waals surface area contributed by atoms with Gasteiger partial charge in [0.15, 0.2) is 0 Å². The van der Waals surface area contributed by atoms with E-state index in [-0.39, 0.29) is 10.7 Å². The molecule has 0 spiro atoms. The standard InChI is InChI=1S/C19H17FN6O2S/c20-13-3-4-16-15(10-13)19(24-12-23-16)25-6-8-26(9-7-25)29(27,28)17-11-22-18-14(17)2-1-5-21-18/h1-5,10-12H,6-9H2,(H,21,22). The summed E-state index contributed by atoms with van der Waals surface area (Å²) in [5.74, 6) is 0.255. The van der Waals surface area contributed by atoms with Crippen LogP contribution in [0.1, 0.15) is 0 Å². The first-order valence-corrected chi connectivity index (χ1v) is 10.6. The minimum atomic E-state index is -3.66. The summed E-state index contributed by atoms with van der Waals surface area (Å²) in [7, 11) is -3.66. The molecule has 0 radical (unpaired) electrons. The molecule has 0 unspecified atom stereocenters. The number of H-pyrrole nitrogens is 1. The van der Waals surface area contributed by atoms with Crippen LogP contribution in [-0.2, 0) is 10.0 Å². The number of nitrogens with zero attached hydrogens (tertiary/aromatic N) is 5. The molecular formula is C19H17FN6O2S.